The number of aliphatic hydroxyl groups is 1. The van der Waals surface area contributed by atoms with Crippen LogP contribution < -0.4 is 9.47 Å². The predicted octanol–water partition coefficient (Wildman–Crippen LogP) is 6.08. The number of benzene rings is 2. The second kappa shape index (κ2) is 14.5. The van der Waals surface area contributed by atoms with Crippen molar-refractivity contribution < 1.29 is 28.5 Å². The molecule has 1 N–H and O–H groups in total. The first kappa shape index (κ1) is 30.6. The van der Waals surface area contributed by atoms with Crippen molar-refractivity contribution in [3.8, 4) is 40.0 Å². The Morgan fingerprint density at radius 2 is 1.95 bits per heavy atom. The highest BCUT2D eigenvalue weighted by Gasteiger charge is 2.19. The molecular weight excluding hydrogens is 534 g/mol. The molecule has 9 heteroatoms. The highest BCUT2D eigenvalue weighted by atomic mass is 16.5. The maximum atomic E-state index is 12.9. The van der Waals surface area contributed by atoms with Gasteiger partial charge in [-0.25, -0.2) is 0 Å². The maximum Gasteiger partial charge on any atom is 0.253 e. The van der Waals surface area contributed by atoms with Gasteiger partial charge in [0.25, 0.3) is 5.91 Å². The lowest BCUT2D eigenvalue weighted by molar-refractivity contribution is 0.0790. The fraction of sp³-hybridized carbons (Fsp3) is 0.364. The van der Waals surface area contributed by atoms with Crippen LogP contribution in [0.4, 0.5) is 0 Å². The average Bonchev–Trinajstić information content (AvgIpc) is 3.45. The zero-order valence-corrected chi connectivity index (χ0v) is 24.6. The molecule has 4 aromatic rings. The highest BCUT2D eigenvalue weighted by Crippen LogP contribution is 2.38. The highest BCUT2D eigenvalue weighted by molar-refractivity contribution is 5.96. The van der Waals surface area contributed by atoms with E-state index < -0.39 is 0 Å². The first-order valence-electron chi connectivity index (χ1n) is 14.1. The summed E-state index contributed by atoms with van der Waals surface area (Å²) < 4.78 is 23.4. The summed E-state index contributed by atoms with van der Waals surface area (Å²) in [5, 5.41) is 18.9. The van der Waals surface area contributed by atoms with Crippen molar-refractivity contribution in [3.63, 3.8) is 0 Å². The van der Waals surface area contributed by atoms with Gasteiger partial charge in [-0.2, -0.15) is 5.26 Å². The van der Waals surface area contributed by atoms with Crippen molar-refractivity contribution in [2.45, 2.75) is 39.2 Å². The summed E-state index contributed by atoms with van der Waals surface area (Å²) in [7, 11) is 3.29. The number of pyridine rings is 1. The van der Waals surface area contributed by atoms with Gasteiger partial charge in [-0.05, 0) is 68.7 Å². The molecule has 2 heterocycles. The Morgan fingerprint density at radius 3 is 2.69 bits per heavy atom. The van der Waals surface area contributed by atoms with Crippen LogP contribution >= 0.6 is 0 Å². The number of aromatic nitrogens is 1. The van der Waals surface area contributed by atoms with Crippen LogP contribution in [0.1, 0.15) is 49.0 Å². The molecule has 0 fully saturated rings. The van der Waals surface area contributed by atoms with Gasteiger partial charge in [-0.3, -0.25) is 9.78 Å². The normalized spacial score (nSPS) is 11.7. The first-order chi connectivity index (χ1) is 20.4. The molecule has 2 aromatic carbocycles. The Hall–Kier alpha value is -4.39. The average molecular weight is 572 g/mol. The Kier molecular flexibility index (Phi) is 10.5. The van der Waals surface area contributed by atoms with Gasteiger partial charge in [-0.1, -0.05) is 6.07 Å². The number of carbonyl (C=O) groups is 1. The summed E-state index contributed by atoms with van der Waals surface area (Å²) in [5.41, 5.74) is 4.41. The van der Waals surface area contributed by atoms with Crippen LogP contribution in [-0.2, 0) is 4.74 Å². The summed E-state index contributed by atoms with van der Waals surface area (Å²) in [6, 6.07) is 16.7. The summed E-state index contributed by atoms with van der Waals surface area (Å²) in [6.07, 6.45) is 3.70. The van der Waals surface area contributed by atoms with Crippen LogP contribution in [0.15, 0.2) is 59.1 Å². The van der Waals surface area contributed by atoms with Crippen molar-refractivity contribution in [2.75, 3.05) is 40.5 Å². The van der Waals surface area contributed by atoms with E-state index in [1.807, 2.05) is 32.0 Å². The number of rotatable bonds is 14. The monoisotopic (exact) mass is 571 g/mol. The number of aliphatic hydroxyl groups excluding tert-OH is 1. The molecular formula is C33H37N3O6. The van der Waals surface area contributed by atoms with Gasteiger partial charge >= 0.3 is 0 Å². The summed E-state index contributed by atoms with van der Waals surface area (Å²) in [5.74, 6) is 1.43. The lowest BCUT2D eigenvalue weighted by Gasteiger charge is -2.18. The van der Waals surface area contributed by atoms with Crippen molar-refractivity contribution in [2.24, 2.45) is 0 Å². The number of hydrogen-bond donors (Lipinski definition) is 1. The van der Waals surface area contributed by atoms with E-state index in [4.69, 9.17) is 23.7 Å². The molecule has 42 heavy (non-hydrogen) atoms. The first-order valence-corrected chi connectivity index (χ1v) is 14.1. The minimum Gasteiger partial charge on any atom is -0.496 e. The maximum absolute atomic E-state index is 12.9. The third-order valence-electron chi connectivity index (χ3n) is 6.99. The van der Waals surface area contributed by atoms with Crippen LogP contribution in [0, 0.1) is 11.3 Å². The van der Waals surface area contributed by atoms with Crippen LogP contribution in [0.3, 0.4) is 0 Å². The third kappa shape index (κ3) is 7.08. The van der Waals surface area contributed by atoms with Crippen LogP contribution in [0.2, 0.25) is 0 Å². The SMILES string of the molecule is CCOCCC(C)Oc1ccc(-c2ccnc3cc(-c4ccc(C(=O)N(C)CCCCO)cc4OC)oc23)cc1C#N. The Morgan fingerprint density at radius 1 is 1.12 bits per heavy atom. The van der Waals surface area contributed by atoms with Crippen molar-refractivity contribution in [3.05, 3.63) is 65.9 Å². The number of furan rings is 1. The molecule has 1 amide bonds. The topological polar surface area (TPSA) is 118 Å². The fourth-order valence-electron chi connectivity index (χ4n) is 4.67. The Labute approximate surface area is 246 Å². The molecule has 0 spiro atoms. The second-order valence-corrected chi connectivity index (χ2v) is 9.99. The zero-order chi connectivity index (χ0) is 30.1. The number of amides is 1. The third-order valence-corrected chi connectivity index (χ3v) is 6.99. The molecule has 0 aliphatic carbocycles. The van der Waals surface area contributed by atoms with E-state index in [0.29, 0.717) is 71.2 Å². The lowest BCUT2D eigenvalue weighted by atomic mass is 10.0. The Balaban J connectivity index is 1.62. The largest absolute Gasteiger partial charge is 0.496 e. The lowest BCUT2D eigenvalue weighted by Crippen LogP contribution is -2.27. The molecule has 0 aliphatic rings. The number of carbonyl (C=O) groups excluding carboxylic acids is 1. The molecule has 2 aromatic heterocycles. The minimum atomic E-state index is -0.129. The smallest absolute Gasteiger partial charge is 0.253 e. The van der Waals surface area contributed by atoms with Crippen molar-refractivity contribution in [1.29, 1.82) is 5.26 Å². The second-order valence-electron chi connectivity index (χ2n) is 9.99. The zero-order valence-electron chi connectivity index (χ0n) is 24.6. The standard InChI is InChI=1S/C33H37N3O6/c1-5-40-17-13-22(2)41-29-11-9-23(18-25(29)21-34)26-12-14-35-28-20-31(42-32(26)28)27-10-8-24(19-30(27)39-4)33(38)36(3)15-6-7-16-37/h8-12,14,18-20,22,37H,5-7,13,15-17H2,1-4H3. The van der Waals surface area contributed by atoms with E-state index in [0.717, 1.165) is 24.0 Å². The molecule has 0 saturated carbocycles. The van der Waals surface area contributed by atoms with Gasteiger partial charge in [0, 0.05) is 56.6 Å². The molecule has 0 radical (unpaired) electrons. The number of nitriles is 1. The molecule has 9 nitrogen and oxygen atoms in total. The van der Waals surface area contributed by atoms with Gasteiger partial charge in [0.2, 0.25) is 0 Å². The molecule has 220 valence electrons. The van der Waals surface area contributed by atoms with E-state index in [1.165, 1.54) is 0 Å². The van der Waals surface area contributed by atoms with E-state index in [1.54, 1.807) is 55.6 Å². The molecule has 1 atom stereocenters. The van der Waals surface area contributed by atoms with Crippen molar-refractivity contribution >= 4 is 17.0 Å². The number of ether oxygens (including phenoxy) is 3. The van der Waals surface area contributed by atoms with Crippen LogP contribution in [-0.4, -0.2) is 67.5 Å². The number of fused-ring (bicyclic) bond motifs is 1. The van der Waals surface area contributed by atoms with Crippen LogP contribution in [0.5, 0.6) is 11.5 Å². The van der Waals surface area contributed by atoms with Gasteiger partial charge in [0.1, 0.15) is 28.8 Å². The van der Waals surface area contributed by atoms with Gasteiger partial charge in [0.15, 0.2) is 5.58 Å². The number of unbranched alkanes of at least 4 members (excludes halogenated alkanes) is 1. The molecule has 4 rings (SSSR count). The number of nitrogens with zero attached hydrogens (tertiary/aromatic N) is 3. The summed E-state index contributed by atoms with van der Waals surface area (Å²) in [6.45, 7) is 5.82. The molecule has 0 aliphatic heterocycles. The number of methoxy groups -OCH3 is 1. The van der Waals surface area contributed by atoms with E-state index in [-0.39, 0.29) is 18.6 Å². The van der Waals surface area contributed by atoms with Gasteiger partial charge < -0.3 is 28.6 Å². The van der Waals surface area contributed by atoms with Gasteiger partial charge in [-0.15, -0.1) is 0 Å². The summed E-state index contributed by atoms with van der Waals surface area (Å²) >= 11 is 0. The number of hydrogen-bond acceptors (Lipinski definition) is 8. The molecule has 0 bridgehead atoms. The quantitative estimate of drug-likeness (QED) is 0.181. The summed E-state index contributed by atoms with van der Waals surface area (Å²) in [4.78, 5) is 19.1. The van der Waals surface area contributed by atoms with E-state index >= 15 is 0 Å². The van der Waals surface area contributed by atoms with Crippen LogP contribution in [0.25, 0.3) is 33.6 Å². The van der Waals surface area contributed by atoms with Crippen molar-refractivity contribution in [1.82, 2.24) is 9.88 Å². The molecule has 1 unspecified atom stereocenters. The Bertz CT molecular complexity index is 1560. The van der Waals surface area contributed by atoms with E-state index in [9.17, 15) is 10.1 Å². The fourth-order valence-corrected chi connectivity index (χ4v) is 4.67. The minimum absolute atomic E-state index is 0.0990. The molecule has 0 saturated heterocycles. The van der Waals surface area contributed by atoms with E-state index in [2.05, 4.69) is 11.1 Å². The van der Waals surface area contributed by atoms with Gasteiger partial charge in [0.05, 0.1) is 30.9 Å². The predicted molar refractivity (Wildman–Crippen MR) is 161 cm³/mol.